The van der Waals surface area contributed by atoms with E-state index in [1.807, 2.05) is 12.1 Å². The van der Waals surface area contributed by atoms with E-state index in [1.54, 1.807) is 12.1 Å². The molecule has 0 aliphatic carbocycles. The summed E-state index contributed by atoms with van der Waals surface area (Å²) < 4.78 is 30.7. The van der Waals surface area contributed by atoms with Crippen LogP contribution in [0.25, 0.3) is 0 Å². The molecule has 0 atom stereocenters. The van der Waals surface area contributed by atoms with Crippen molar-refractivity contribution in [3.63, 3.8) is 0 Å². The van der Waals surface area contributed by atoms with Gasteiger partial charge in [-0.05, 0) is 41.9 Å². The second kappa shape index (κ2) is 6.80. The van der Waals surface area contributed by atoms with Crippen molar-refractivity contribution in [2.75, 3.05) is 24.3 Å². The second-order valence-corrected chi connectivity index (χ2v) is 8.78. The lowest BCUT2D eigenvalue weighted by Gasteiger charge is -2.35. The molecule has 0 amide bonds. The van der Waals surface area contributed by atoms with Gasteiger partial charge in [-0.25, -0.2) is 8.42 Å². The van der Waals surface area contributed by atoms with Crippen molar-refractivity contribution in [3.8, 4) is 0 Å². The number of sulfone groups is 1. The lowest BCUT2D eigenvalue weighted by molar-refractivity contribution is 0.0367. The van der Waals surface area contributed by atoms with E-state index >= 15 is 0 Å². The van der Waals surface area contributed by atoms with Gasteiger partial charge in [0.05, 0.1) is 10.6 Å². The minimum Gasteiger partial charge on any atom is -0.381 e. The summed E-state index contributed by atoms with van der Waals surface area (Å²) in [5.41, 5.74) is 0.962. The molecule has 0 aromatic heterocycles. The van der Waals surface area contributed by atoms with Gasteiger partial charge in [0.2, 0.25) is 0 Å². The first kappa shape index (κ1) is 17.0. The molecular formula is C16H23BrO3S. The average molecular weight is 375 g/mol. The Balaban J connectivity index is 2.20. The Bertz CT molecular complexity index is 558. The molecule has 1 heterocycles. The van der Waals surface area contributed by atoms with Crippen molar-refractivity contribution in [2.24, 2.45) is 5.41 Å². The molecule has 1 aromatic carbocycles. The first-order valence-corrected chi connectivity index (χ1v) is 10.1. The van der Waals surface area contributed by atoms with Crippen LogP contribution in [0, 0.1) is 5.41 Å². The smallest absolute Gasteiger partial charge is 0.178 e. The van der Waals surface area contributed by atoms with E-state index in [0.717, 1.165) is 18.4 Å². The Morgan fingerprint density at radius 1 is 1.19 bits per heavy atom. The van der Waals surface area contributed by atoms with Crippen LogP contribution in [0.3, 0.4) is 0 Å². The SMILES string of the molecule is CC(C)c1ccc(S(=O)(=O)CC2(CBr)CCOCC2)cc1. The van der Waals surface area contributed by atoms with Crippen molar-refractivity contribution in [3.05, 3.63) is 29.8 Å². The third-order valence-corrected chi connectivity index (χ3v) is 7.41. The Morgan fingerprint density at radius 2 is 1.76 bits per heavy atom. The van der Waals surface area contributed by atoms with E-state index in [4.69, 9.17) is 4.74 Å². The molecule has 0 N–H and O–H groups in total. The van der Waals surface area contributed by atoms with Crippen molar-refractivity contribution in [1.29, 1.82) is 0 Å². The number of benzene rings is 1. The molecule has 1 fully saturated rings. The molecule has 5 heteroatoms. The molecule has 0 saturated carbocycles. The summed E-state index contributed by atoms with van der Waals surface area (Å²) in [5, 5.41) is 0.701. The average Bonchev–Trinajstić information content (AvgIpc) is 2.48. The molecule has 1 aromatic rings. The fourth-order valence-corrected chi connectivity index (χ4v) is 5.60. The van der Waals surface area contributed by atoms with Gasteiger partial charge >= 0.3 is 0 Å². The Morgan fingerprint density at radius 3 is 2.24 bits per heavy atom. The summed E-state index contributed by atoms with van der Waals surface area (Å²) in [4.78, 5) is 0.429. The molecule has 1 aliphatic heterocycles. The summed E-state index contributed by atoms with van der Waals surface area (Å²) in [6, 6.07) is 7.32. The molecular weight excluding hydrogens is 352 g/mol. The van der Waals surface area contributed by atoms with Crippen LogP contribution in [0.5, 0.6) is 0 Å². The van der Waals surface area contributed by atoms with Crippen molar-refractivity contribution >= 4 is 25.8 Å². The van der Waals surface area contributed by atoms with Gasteiger partial charge in [-0.15, -0.1) is 0 Å². The van der Waals surface area contributed by atoms with Gasteiger partial charge < -0.3 is 4.74 Å². The Labute approximate surface area is 136 Å². The highest BCUT2D eigenvalue weighted by molar-refractivity contribution is 9.09. The maximum atomic E-state index is 12.7. The minimum absolute atomic E-state index is 0.190. The number of rotatable bonds is 5. The van der Waals surface area contributed by atoms with Crippen molar-refractivity contribution in [2.45, 2.75) is 37.5 Å². The molecule has 1 saturated heterocycles. The normalized spacial score (nSPS) is 18.9. The standard InChI is InChI=1S/C16H23BrO3S/c1-13(2)14-3-5-15(6-4-14)21(18,19)12-16(11-17)7-9-20-10-8-16/h3-6,13H,7-12H2,1-2H3. The zero-order valence-electron chi connectivity index (χ0n) is 12.6. The molecule has 0 bridgehead atoms. The van der Waals surface area contributed by atoms with Crippen molar-refractivity contribution in [1.82, 2.24) is 0 Å². The van der Waals surface area contributed by atoms with E-state index in [9.17, 15) is 8.42 Å². The van der Waals surface area contributed by atoms with Gasteiger partial charge in [-0.1, -0.05) is 41.9 Å². The van der Waals surface area contributed by atoms with Crippen LogP contribution in [0.4, 0.5) is 0 Å². The zero-order valence-corrected chi connectivity index (χ0v) is 15.0. The van der Waals surface area contributed by atoms with Crippen LogP contribution in [0.2, 0.25) is 0 Å². The Hall–Kier alpha value is -0.390. The van der Waals surface area contributed by atoms with Crippen LogP contribution in [-0.2, 0) is 14.6 Å². The van der Waals surface area contributed by atoms with Gasteiger partial charge in [0, 0.05) is 18.5 Å². The highest BCUT2D eigenvalue weighted by Crippen LogP contribution is 2.35. The molecule has 0 unspecified atom stereocenters. The molecule has 3 nitrogen and oxygen atoms in total. The number of ether oxygens (including phenoxy) is 1. The number of hydrogen-bond acceptors (Lipinski definition) is 3. The molecule has 1 aliphatic rings. The summed E-state index contributed by atoms with van der Waals surface area (Å²) in [6.07, 6.45) is 1.59. The summed E-state index contributed by atoms with van der Waals surface area (Å²) in [5.74, 6) is 0.599. The highest BCUT2D eigenvalue weighted by atomic mass is 79.9. The number of hydrogen-bond donors (Lipinski definition) is 0. The topological polar surface area (TPSA) is 43.4 Å². The minimum atomic E-state index is -3.26. The van der Waals surface area contributed by atoms with Crippen LogP contribution in [0.15, 0.2) is 29.2 Å². The lowest BCUT2D eigenvalue weighted by atomic mass is 9.85. The summed E-state index contributed by atoms with van der Waals surface area (Å²) in [7, 11) is -3.26. The van der Waals surface area contributed by atoms with Crippen LogP contribution < -0.4 is 0 Å². The second-order valence-electron chi connectivity index (χ2n) is 6.23. The molecule has 118 valence electrons. The monoisotopic (exact) mass is 374 g/mol. The molecule has 21 heavy (non-hydrogen) atoms. The Kier molecular flexibility index (Phi) is 5.49. The first-order chi connectivity index (χ1) is 9.88. The van der Waals surface area contributed by atoms with Crippen LogP contribution in [-0.4, -0.2) is 32.7 Å². The van der Waals surface area contributed by atoms with Crippen LogP contribution in [0.1, 0.15) is 38.2 Å². The van der Waals surface area contributed by atoms with E-state index in [1.165, 1.54) is 0 Å². The van der Waals surface area contributed by atoms with Gasteiger partial charge in [-0.2, -0.15) is 0 Å². The summed E-state index contributed by atoms with van der Waals surface area (Å²) in [6.45, 7) is 5.50. The molecule has 2 rings (SSSR count). The fourth-order valence-electron chi connectivity index (χ4n) is 2.67. The van der Waals surface area contributed by atoms with E-state index in [0.29, 0.717) is 29.4 Å². The van der Waals surface area contributed by atoms with E-state index in [2.05, 4.69) is 29.8 Å². The van der Waals surface area contributed by atoms with Crippen molar-refractivity contribution < 1.29 is 13.2 Å². The van der Waals surface area contributed by atoms with Gasteiger partial charge in [0.15, 0.2) is 9.84 Å². The number of alkyl halides is 1. The fraction of sp³-hybridized carbons (Fsp3) is 0.625. The third-order valence-electron chi connectivity index (χ3n) is 4.24. The predicted octanol–water partition coefficient (Wildman–Crippen LogP) is 3.78. The van der Waals surface area contributed by atoms with Gasteiger partial charge in [0.25, 0.3) is 0 Å². The third kappa shape index (κ3) is 4.08. The maximum Gasteiger partial charge on any atom is 0.178 e. The summed E-state index contributed by atoms with van der Waals surface area (Å²) >= 11 is 3.50. The zero-order chi connectivity index (χ0) is 15.5. The molecule has 0 radical (unpaired) electrons. The van der Waals surface area contributed by atoms with E-state index < -0.39 is 9.84 Å². The lowest BCUT2D eigenvalue weighted by Crippen LogP contribution is -2.37. The maximum absolute atomic E-state index is 12.7. The molecule has 0 spiro atoms. The van der Waals surface area contributed by atoms with Crippen LogP contribution >= 0.6 is 15.9 Å². The van der Waals surface area contributed by atoms with E-state index in [-0.39, 0.29) is 11.2 Å². The first-order valence-electron chi connectivity index (χ1n) is 7.35. The quantitative estimate of drug-likeness (QED) is 0.736. The van der Waals surface area contributed by atoms with Gasteiger partial charge in [0.1, 0.15) is 0 Å². The predicted molar refractivity (Wildman–Crippen MR) is 88.9 cm³/mol. The highest BCUT2D eigenvalue weighted by Gasteiger charge is 2.36. The largest absolute Gasteiger partial charge is 0.381 e. The van der Waals surface area contributed by atoms with Gasteiger partial charge in [-0.3, -0.25) is 0 Å². The number of halogens is 1.